The maximum Gasteiger partial charge on any atom is 0.325 e. The molecule has 0 bridgehead atoms. The van der Waals surface area contributed by atoms with Gasteiger partial charge in [-0.15, -0.1) is 12.6 Å². The quantitative estimate of drug-likeness (QED) is 0.338. The highest BCUT2D eigenvalue weighted by molar-refractivity contribution is 7.80. The average molecular weight is 489 g/mol. The molecule has 0 radical (unpaired) electrons. The van der Waals surface area contributed by atoms with Crippen LogP contribution in [0.1, 0.15) is 23.0 Å². The Morgan fingerprint density at radius 2 is 1.88 bits per heavy atom. The van der Waals surface area contributed by atoms with Gasteiger partial charge in [0.15, 0.2) is 17.2 Å². The molecule has 1 aromatic heterocycles. The fraction of sp³-hybridized carbons (Fsp3) is 0.208. The number of esters is 1. The van der Waals surface area contributed by atoms with E-state index >= 15 is 0 Å². The molecule has 1 atom stereocenters. The number of thiol groups is 1. The molecule has 0 aliphatic rings. The van der Waals surface area contributed by atoms with Crippen LogP contribution >= 0.6 is 24.2 Å². The van der Waals surface area contributed by atoms with Gasteiger partial charge in [-0.25, -0.2) is 4.98 Å². The van der Waals surface area contributed by atoms with Gasteiger partial charge in [0.2, 0.25) is 0 Å². The topological polar surface area (TPSA) is 97.8 Å². The molecule has 2 N–H and O–H groups in total. The van der Waals surface area contributed by atoms with Crippen molar-refractivity contribution in [2.24, 2.45) is 0 Å². The summed E-state index contributed by atoms with van der Waals surface area (Å²) in [6.45, 7) is 1.46. The number of pyridine rings is 1. The lowest BCUT2D eigenvalue weighted by atomic mass is 10.1. The van der Waals surface area contributed by atoms with Crippen LogP contribution in [0.3, 0.4) is 0 Å². The van der Waals surface area contributed by atoms with Gasteiger partial charge < -0.3 is 19.9 Å². The first-order valence-corrected chi connectivity index (χ1v) is 10.8. The largest absolute Gasteiger partial charge is 0.503 e. The molecule has 7 nitrogen and oxygen atoms in total. The number of ether oxygens (including phenoxy) is 2. The van der Waals surface area contributed by atoms with E-state index in [-0.39, 0.29) is 29.8 Å². The van der Waals surface area contributed by atoms with E-state index in [1.165, 1.54) is 19.4 Å². The summed E-state index contributed by atoms with van der Waals surface area (Å²) in [6.07, 6.45) is 1.59. The zero-order valence-corrected chi connectivity index (χ0v) is 19.8. The van der Waals surface area contributed by atoms with Crippen molar-refractivity contribution in [1.29, 1.82) is 0 Å². The van der Waals surface area contributed by atoms with Crippen LogP contribution in [0, 0.1) is 0 Å². The molecule has 3 rings (SSSR count). The van der Waals surface area contributed by atoms with Crippen LogP contribution in [0.15, 0.2) is 71.8 Å². The third-order valence-corrected chi connectivity index (χ3v) is 4.74. The zero-order valence-electron chi connectivity index (χ0n) is 18.2. The number of aromatic nitrogens is 1. The van der Waals surface area contributed by atoms with Crippen molar-refractivity contribution in [3.05, 3.63) is 83.1 Å². The number of rotatable bonds is 7. The Balaban J connectivity index is 0.000000405. The Hall–Kier alpha value is -3.23. The molecule has 0 saturated carbocycles. The van der Waals surface area contributed by atoms with Gasteiger partial charge in [0, 0.05) is 28.6 Å². The van der Waals surface area contributed by atoms with E-state index in [0.29, 0.717) is 6.42 Å². The molecule has 1 heterocycles. The van der Waals surface area contributed by atoms with E-state index in [1.54, 1.807) is 13.0 Å². The number of methoxy groups -OCH3 is 1. The fourth-order valence-corrected chi connectivity index (χ4v) is 3.22. The summed E-state index contributed by atoms with van der Waals surface area (Å²) < 4.78 is 10.2. The SMILES string of the molecule is COc1ccnc(C(=O)NCC(=O)OC(C)Cc2ccccc2)c1O.Sc1cccc(Cl)c1. The van der Waals surface area contributed by atoms with E-state index in [9.17, 15) is 14.7 Å². The summed E-state index contributed by atoms with van der Waals surface area (Å²) in [5, 5.41) is 13.0. The van der Waals surface area contributed by atoms with E-state index in [2.05, 4.69) is 22.9 Å². The molecule has 2 aromatic carbocycles. The van der Waals surface area contributed by atoms with Crippen LogP contribution < -0.4 is 10.1 Å². The number of hydrogen-bond acceptors (Lipinski definition) is 7. The monoisotopic (exact) mass is 488 g/mol. The van der Waals surface area contributed by atoms with Crippen LogP contribution in [0.25, 0.3) is 0 Å². The number of benzene rings is 2. The second-order valence-corrected chi connectivity index (χ2v) is 7.82. The Bertz CT molecular complexity index is 1050. The maximum atomic E-state index is 12.0. The molecule has 9 heteroatoms. The molecule has 0 saturated heterocycles. The van der Waals surface area contributed by atoms with Gasteiger partial charge in [-0.2, -0.15) is 0 Å². The highest BCUT2D eigenvalue weighted by Gasteiger charge is 2.18. The molecule has 1 amide bonds. The number of carbonyl (C=O) groups excluding carboxylic acids is 2. The number of aromatic hydroxyl groups is 1. The Morgan fingerprint density at radius 1 is 1.15 bits per heavy atom. The first kappa shape index (κ1) is 26.0. The molecule has 0 aliphatic carbocycles. The van der Waals surface area contributed by atoms with Gasteiger partial charge in [0.1, 0.15) is 12.6 Å². The van der Waals surface area contributed by atoms with Crippen LogP contribution in [0.2, 0.25) is 5.02 Å². The molecule has 0 spiro atoms. The Kier molecular flexibility index (Phi) is 10.5. The van der Waals surface area contributed by atoms with Crippen LogP contribution in [-0.2, 0) is 16.0 Å². The first-order chi connectivity index (χ1) is 15.8. The highest BCUT2D eigenvalue weighted by Crippen LogP contribution is 2.27. The molecule has 174 valence electrons. The molecule has 33 heavy (non-hydrogen) atoms. The summed E-state index contributed by atoms with van der Waals surface area (Å²) in [5.41, 5.74) is 0.835. The number of carbonyl (C=O) groups is 2. The molecule has 3 aromatic rings. The van der Waals surface area contributed by atoms with E-state index < -0.39 is 11.9 Å². The minimum Gasteiger partial charge on any atom is -0.503 e. The van der Waals surface area contributed by atoms with Gasteiger partial charge in [-0.05, 0) is 30.7 Å². The number of hydrogen-bond donors (Lipinski definition) is 3. The Morgan fingerprint density at radius 3 is 2.48 bits per heavy atom. The van der Waals surface area contributed by atoms with Gasteiger partial charge in [-0.3, -0.25) is 9.59 Å². The maximum absolute atomic E-state index is 12.0. The van der Waals surface area contributed by atoms with E-state index in [0.717, 1.165) is 15.5 Å². The minimum absolute atomic E-state index is 0.124. The van der Waals surface area contributed by atoms with Crippen molar-refractivity contribution in [3.63, 3.8) is 0 Å². The smallest absolute Gasteiger partial charge is 0.325 e. The second kappa shape index (κ2) is 13.3. The molecule has 0 aliphatic heterocycles. The lowest BCUT2D eigenvalue weighted by Gasteiger charge is -2.14. The lowest BCUT2D eigenvalue weighted by molar-refractivity contribution is -0.146. The first-order valence-electron chi connectivity index (χ1n) is 9.98. The summed E-state index contributed by atoms with van der Waals surface area (Å²) in [6, 6.07) is 18.4. The van der Waals surface area contributed by atoms with Crippen LogP contribution in [0.4, 0.5) is 0 Å². The molecule has 1 unspecified atom stereocenters. The number of nitrogens with one attached hydrogen (secondary N) is 1. The summed E-state index contributed by atoms with van der Waals surface area (Å²) in [7, 11) is 1.36. The Labute approximate surface area is 203 Å². The second-order valence-electron chi connectivity index (χ2n) is 6.86. The third-order valence-electron chi connectivity index (χ3n) is 4.22. The van der Waals surface area contributed by atoms with Gasteiger partial charge >= 0.3 is 5.97 Å². The predicted molar refractivity (Wildman–Crippen MR) is 129 cm³/mol. The van der Waals surface area contributed by atoms with Crippen LogP contribution in [0.5, 0.6) is 11.5 Å². The summed E-state index contributed by atoms with van der Waals surface area (Å²) >= 11 is 9.67. The highest BCUT2D eigenvalue weighted by atomic mass is 35.5. The van der Waals surface area contributed by atoms with Crippen molar-refractivity contribution in [2.75, 3.05) is 13.7 Å². The minimum atomic E-state index is -0.691. The molecular weight excluding hydrogens is 464 g/mol. The summed E-state index contributed by atoms with van der Waals surface area (Å²) in [4.78, 5) is 28.5. The number of amides is 1. The zero-order chi connectivity index (χ0) is 24.2. The van der Waals surface area contributed by atoms with Gasteiger partial charge in [-0.1, -0.05) is 48.0 Å². The third kappa shape index (κ3) is 9.03. The average Bonchev–Trinajstić information content (AvgIpc) is 2.78. The van der Waals surface area contributed by atoms with Crippen LogP contribution in [-0.4, -0.2) is 41.7 Å². The number of halogens is 1. The van der Waals surface area contributed by atoms with Gasteiger partial charge in [0.05, 0.1) is 7.11 Å². The van der Waals surface area contributed by atoms with Crippen molar-refractivity contribution in [1.82, 2.24) is 10.3 Å². The normalized spacial score (nSPS) is 10.9. The lowest BCUT2D eigenvalue weighted by Crippen LogP contribution is -2.33. The van der Waals surface area contributed by atoms with Gasteiger partial charge in [0.25, 0.3) is 5.91 Å². The molecule has 0 fully saturated rings. The van der Waals surface area contributed by atoms with Crippen molar-refractivity contribution >= 4 is 36.1 Å². The molecular formula is C24H25ClN2O5S. The standard InChI is InChI=1S/C18H20N2O5.C6H5ClS/c1-12(10-13-6-4-3-5-7-13)25-15(21)11-20-18(23)16-17(22)14(24-2)8-9-19-16;7-5-2-1-3-6(8)4-5/h3-9,12,22H,10-11H2,1-2H3,(H,20,23);1-4,8H. The number of nitrogens with zero attached hydrogens (tertiary/aromatic N) is 1. The van der Waals surface area contributed by atoms with Crippen molar-refractivity contribution < 1.29 is 24.2 Å². The predicted octanol–water partition coefficient (Wildman–Crippen LogP) is 4.33. The van der Waals surface area contributed by atoms with E-state index in [1.807, 2.05) is 48.5 Å². The van der Waals surface area contributed by atoms with E-state index in [4.69, 9.17) is 21.1 Å². The summed E-state index contributed by atoms with van der Waals surface area (Å²) in [5.74, 6) is -1.52. The van der Waals surface area contributed by atoms with Crippen molar-refractivity contribution in [2.45, 2.75) is 24.3 Å². The fourth-order valence-electron chi connectivity index (χ4n) is 2.73. The van der Waals surface area contributed by atoms with Crippen molar-refractivity contribution in [3.8, 4) is 11.5 Å².